The fourth-order valence-corrected chi connectivity index (χ4v) is 2.90. The van der Waals surface area contributed by atoms with E-state index in [-0.39, 0.29) is 12.5 Å². The summed E-state index contributed by atoms with van der Waals surface area (Å²) in [4.78, 5) is 11.9. The van der Waals surface area contributed by atoms with Crippen LogP contribution in [0.25, 0.3) is 10.8 Å². The van der Waals surface area contributed by atoms with Crippen molar-refractivity contribution in [2.75, 3.05) is 13.2 Å². The molecule has 0 unspecified atom stereocenters. The molecule has 1 atom stereocenters. The average molecular weight is 370 g/mol. The molecule has 134 valence electrons. The molecule has 0 bridgehead atoms. The number of benzene rings is 3. The first-order valence-electron chi connectivity index (χ1n) is 8.44. The lowest BCUT2D eigenvalue weighted by molar-refractivity contribution is -0.123. The van der Waals surface area contributed by atoms with Gasteiger partial charge in [-0.3, -0.25) is 4.79 Å². The fourth-order valence-electron chi connectivity index (χ4n) is 2.78. The summed E-state index contributed by atoms with van der Waals surface area (Å²) in [5, 5.41) is 16.0. The molecule has 3 aromatic carbocycles. The van der Waals surface area contributed by atoms with Crippen LogP contribution < -0.4 is 10.1 Å². The Hall–Kier alpha value is -2.56. The molecule has 26 heavy (non-hydrogen) atoms. The standard InChI is InChI=1S/C21H20ClNO3/c22-16-8-10-17(11-9-16)26-14-21(25)23-13-12-20(24)19-7-3-5-15-4-1-2-6-18(15)19/h1-11,20,24H,12-14H2,(H,23,25)/t20-/m1/s1. The Bertz CT molecular complexity index is 875. The summed E-state index contributed by atoms with van der Waals surface area (Å²) in [6, 6.07) is 20.6. The van der Waals surface area contributed by atoms with Crippen LogP contribution in [0.15, 0.2) is 66.7 Å². The molecule has 0 aliphatic rings. The molecule has 0 aliphatic carbocycles. The number of aliphatic hydroxyl groups excluding tert-OH is 1. The maximum atomic E-state index is 11.9. The van der Waals surface area contributed by atoms with Gasteiger partial charge in [-0.15, -0.1) is 0 Å². The van der Waals surface area contributed by atoms with Crippen LogP contribution in [0.4, 0.5) is 0 Å². The minimum Gasteiger partial charge on any atom is -0.484 e. The third-order valence-corrected chi connectivity index (χ3v) is 4.36. The number of ether oxygens (including phenoxy) is 1. The van der Waals surface area contributed by atoms with Crippen molar-refractivity contribution in [3.63, 3.8) is 0 Å². The summed E-state index contributed by atoms with van der Waals surface area (Å²) in [5.41, 5.74) is 0.870. The van der Waals surface area contributed by atoms with Gasteiger partial charge in [-0.2, -0.15) is 0 Å². The largest absolute Gasteiger partial charge is 0.484 e. The van der Waals surface area contributed by atoms with Gasteiger partial charge in [0.1, 0.15) is 5.75 Å². The van der Waals surface area contributed by atoms with Gasteiger partial charge in [0.25, 0.3) is 5.91 Å². The molecule has 2 N–H and O–H groups in total. The summed E-state index contributed by atoms with van der Waals surface area (Å²) in [7, 11) is 0. The molecule has 0 aromatic heterocycles. The third-order valence-electron chi connectivity index (χ3n) is 4.11. The maximum Gasteiger partial charge on any atom is 0.257 e. The Balaban J connectivity index is 1.47. The second-order valence-corrected chi connectivity index (χ2v) is 6.40. The van der Waals surface area contributed by atoms with Crippen LogP contribution in [-0.4, -0.2) is 24.2 Å². The van der Waals surface area contributed by atoms with Crippen molar-refractivity contribution in [2.24, 2.45) is 0 Å². The van der Waals surface area contributed by atoms with Crippen molar-refractivity contribution in [3.05, 3.63) is 77.3 Å². The highest BCUT2D eigenvalue weighted by Crippen LogP contribution is 2.25. The van der Waals surface area contributed by atoms with E-state index in [1.807, 2.05) is 42.5 Å². The first-order valence-corrected chi connectivity index (χ1v) is 8.82. The highest BCUT2D eigenvalue weighted by atomic mass is 35.5. The van der Waals surface area contributed by atoms with E-state index in [9.17, 15) is 9.90 Å². The van der Waals surface area contributed by atoms with Gasteiger partial charge in [-0.05, 0) is 47.0 Å². The van der Waals surface area contributed by atoms with Gasteiger partial charge in [0.2, 0.25) is 0 Å². The monoisotopic (exact) mass is 369 g/mol. The molecule has 0 saturated carbocycles. The average Bonchev–Trinajstić information content (AvgIpc) is 2.67. The third kappa shape index (κ3) is 4.75. The van der Waals surface area contributed by atoms with Crippen molar-refractivity contribution in [2.45, 2.75) is 12.5 Å². The number of aliphatic hydroxyl groups is 1. The van der Waals surface area contributed by atoms with Crippen molar-refractivity contribution < 1.29 is 14.6 Å². The van der Waals surface area contributed by atoms with Crippen molar-refractivity contribution in [1.82, 2.24) is 5.32 Å². The highest BCUT2D eigenvalue weighted by Gasteiger charge is 2.11. The number of amides is 1. The number of halogens is 1. The van der Waals surface area contributed by atoms with Crippen LogP contribution in [-0.2, 0) is 4.79 Å². The molecule has 1 amide bonds. The van der Waals surface area contributed by atoms with Gasteiger partial charge in [0, 0.05) is 11.6 Å². The van der Waals surface area contributed by atoms with Crippen molar-refractivity contribution in [1.29, 1.82) is 0 Å². The normalized spacial score (nSPS) is 11.9. The van der Waals surface area contributed by atoms with Gasteiger partial charge in [0.05, 0.1) is 6.10 Å². The first kappa shape index (κ1) is 18.2. The Morgan fingerprint density at radius 3 is 2.58 bits per heavy atom. The summed E-state index contributed by atoms with van der Waals surface area (Å²) in [6.07, 6.45) is -0.209. The van der Waals surface area contributed by atoms with E-state index < -0.39 is 6.10 Å². The maximum absolute atomic E-state index is 11.9. The van der Waals surface area contributed by atoms with E-state index in [0.717, 1.165) is 16.3 Å². The number of carbonyl (C=O) groups excluding carboxylic acids is 1. The lowest BCUT2D eigenvalue weighted by atomic mass is 9.99. The molecule has 0 spiro atoms. The Morgan fingerprint density at radius 1 is 1.04 bits per heavy atom. The highest BCUT2D eigenvalue weighted by molar-refractivity contribution is 6.30. The van der Waals surface area contributed by atoms with Crippen LogP contribution >= 0.6 is 11.6 Å². The van der Waals surface area contributed by atoms with Gasteiger partial charge in [-0.1, -0.05) is 54.1 Å². The van der Waals surface area contributed by atoms with Crippen molar-refractivity contribution in [3.8, 4) is 5.75 Å². The van der Waals surface area contributed by atoms with Gasteiger partial charge >= 0.3 is 0 Å². The lowest BCUT2D eigenvalue weighted by Gasteiger charge is -2.14. The Kier molecular flexibility index (Phi) is 6.10. The molecule has 3 rings (SSSR count). The predicted molar refractivity (Wildman–Crippen MR) is 103 cm³/mol. The summed E-state index contributed by atoms with van der Waals surface area (Å²) >= 11 is 5.80. The lowest BCUT2D eigenvalue weighted by Crippen LogP contribution is -2.30. The molecular formula is C21H20ClNO3. The molecule has 0 saturated heterocycles. The minimum atomic E-state index is -0.640. The predicted octanol–water partition coefficient (Wildman–Crippen LogP) is 4.11. The van der Waals surface area contributed by atoms with E-state index in [0.29, 0.717) is 23.7 Å². The van der Waals surface area contributed by atoms with Crippen LogP contribution in [0.5, 0.6) is 5.75 Å². The van der Waals surface area contributed by atoms with E-state index in [1.165, 1.54) is 0 Å². The SMILES string of the molecule is O=C(COc1ccc(Cl)cc1)NCC[C@@H](O)c1cccc2ccccc12. The molecule has 0 fully saturated rings. The number of fused-ring (bicyclic) bond motifs is 1. The second kappa shape index (κ2) is 8.70. The van der Waals surface area contributed by atoms with Gasteiger partial charge < -0.3 is 15.2 Å². The van der Waals surface area contributed by atoms with Crippen LogP contribution in [0.3, 0.4) is 0 Å². The summed E-state index contributed by atoms with van der Waals surface area (Å²) < 4.78 is 5.39. The zero-order valence-electron chi connectivity index (χ0n) is 14.2. The smallest absolute Gasteiger partial charge is 0.257 e. The number of carbonyl (C=O) groups is 1. The fraction of sp³-hybridized carbons (Fsp3) is 0.190. The van der Waals surface area contributed by atoms with E-state index >= 15 is 0 Å². The molecule has 0 radical (unpaired) electrons. The zero-order valence-corrected chi connectivity index (χ0v) is 14.9. The van der Waals surface area contributed by atoms with Crippen LogP contribution in [0, 0.1) is 0 Å². The van der Waals surface area contributed by atoms with Gasteiger partial charge in [0.15, 0.2) is 6.61 Å². The number of nitrogens with one attached hydrogen (secondary N) is 1. The minimum absolute atomic E-state index is 0.0774. The zero-order chi connectivity index (χ0) is 18.4. The molecule has 4 nitrogen and oxygen atoms in total. The quantitative estimate of drug-likeness (QED) is 0.658. The Labute approximate surface area is 157 Å². The molecule has 5 heteroatoms. The topological polar surface area (TPSA) is 58.6 Å². The number of hydrogen-bond donors (Lipinski definition) is 2. The molecule has 0 aliphatic heterocycles. The van der Waals surface area contributed by atoms with Crippen LogP contribution in [0.2, 0.25) is 5.02 Å². The number of hydrogen-bond acceptors (Lipinski definition) is 3. The Morgan fingerprint density at radius 2 is 1.77 bits per heavy atom. The second-order valence-electron chi connectivity index (χ2n) is 5.97. The molecular weight excluding hydrogens is 350 g/mol. The summed E-state index contributed by atoms with van der Waals surface area (Å²) in [6.45, 7) is 0.291. The van der Waals surface area contributed by atoms with E-state index in [2.05, 4.69) is 5.32 Å². The van der Waals surface area contributed by atoms with Crippen LogP contribution in [0.1, 0.15) is 18.1 Å². The van der Waals surface area contributed by atoms with Crippen molar-refractivity contribution >= 4 is 28.3 Å². The van der Waals surface area contributed by atoms with E-state index in [1.54, 1.807) is 24.3 Å². The summed E-state index contributed by atoms with van der Waals surface area (Å²) in [5.74, 6) is 0.352. The van der Waals surface area contributed by atoms with Gasteiger partial charge in [-0.25, -0.2) is 0 Å². The molecule has 0 heterocycles. The van der Waals surface area contributed by atoms with E-state index in [4.69, 9.17) is 16.3 Å². The number of rotatable bonds is 7. The molecule has 3 aromatic rings. The first-order chi connectivity index (χ1) is 12.6.